The van der Waals surface area contributed by atoms with Gasteiger partial charge in [0.25, 0.3) is 5.91 Å². The van der Waals surface area contributed by atoms with E-state index >= 15 is 0 Å². The highest BCUT2D eigenvalue weighted by atomic mass is 35.5. The van der Waals surface area contributed by atoms with Crippen molar-refractivity contribution in [3.63, 3.8) is 0 Å². The fraction of sp³-hybridized carbons (Fsp3) is 0.267. The summed E-state index contributed by atoms with van der Waals surface area (Å²) in [7, 11) is 1.57. The molecule has 2 aromatic rings. The van der Waals surface area contributed by atoms with Crippen molar-refractivity contribution in [1.82, 2.24) is 9.88 Å². The van der Waals surface area contributed by atoms with Crippen molar-refractivity contribution >= 4 is 34.4 Å². The third-order valence-electron chi connectivity index (χ3n) is 3.22. The van der Waals surface area contributed by atoms with E-state index in [1.165, 1.54) is 4.90 Å². The Kier molecular flexibility index (Phi) is 4.43. The van der Waals surface area contributed by atoms with Crippen LogP contribution in [0.3, 0.4) is 0 Å². The normalized spacial score (nSPS) is 12.1. The predicted octanol–water partition coefficient (Wildman–Crippen LogP) is 2.68. The van der Waals surface area contributed by atoms with E-state index in [0.717, 1.165) is 5.39 Å². The first-order valence-corrected chi connectivity index (χ1v) is 6.80. The lowest BCUT2D eigenvalue weighted by atomic mass is 10.1. The number of hydrogen-bond donors (Lipinski definition) is 1. The molecule has 1 N–H and O–H groups in total. The number of benzene rings is 1. The van der Waals surface area contributed by atoms with E-state index in [2.05, 4.69) is 4.98 Å². The van der Waals surface area contributed by atoms with Crippen LogP contribution in [-0.2, 0) is 4.79 Å². The van der Waals surface area contributed by atoms with Crippen LogP contribution in [0.2, 0.25) is 5.02 Å². The quantitative estimate of drug-likeness (QED) is 0.942. The highest BCUT2D eigenvalue weighted by Crippen LogP contribution is 2.23. The van der Waals surface area contributed by atoms with Gasteiger partial charge in [-0.05, 0) is 18.2 Å². The van der Waals surface area contributed by atoms with Crippen LogP contribution in [0, 0.1) is 5.92 Å². The average molecular weight is 307 g/mol. The van der Waals surface area contributed by atoms with Crippen molar-refractivity contribution in [1.29, 1.82) is 0 Å². The molecule has 0 aliphatic rings. The van der Waals surface area contributed by atoms with Crippen molar-refractivity contribution < 1.29 is 14.7 Å². The fourth-order valence-electron chi connectivity index (χ4n) is 2.10. The zero-order chi connectivity index (χ0) is 15.6. The van der Waals surface area contributed by atoms with Gasteiger partial charge < -0.3 is 10.0 Å². The van der Waals surface area contributed by atoms with Crippen LogP contribution in [0.25, 0.3) is 10.9 Å². The number of nitrogens with zero attached hydrogens (tertiary/aromatic N) is 2. The maximum Gasteiger partial charge on any atom is 0.308 e. The SMILES string of the molecule is CC(CN(C)C(=O)c1cc(Cl)cc2cccnc12)C(=O)O. The number of amides is 1. The van der Waals surface area contributed by atoms with Crippen LogP contribution in [-0.4, -0.2) is 40.5 Å². The lowest BCUT2D eigenvalue weighted by molar-refractivity contribution is -0.141. The second-order valence-corrected chi connectivity index (χ2v) is 5.39. The van der Waals surface area contributed by atoms with Crippen LogP contribution in [0.4, 0.5) is 0 Å². The smallest absolute Gasteiger partial charge is 0.308 e. The number of carboxylic acid groups (broad SMARTS) is 1. The number of carboxylic acids is 1. The fourth-order valence-corrected chi connectivity index (χ4v) is 2.32. The summed E-state index contributed by atoms with van der Waals surface area (Å²) in [4.78, 5) is 29.0. The number of halogens is 1. The van der Waals surface area contributed by atoms with Gasteiger partial charge in [-0.1, -0.05) is 24.6 Å². The van der Waals surface area contributed by atoms with E-state index in [9.17, 15) is 9.59 Å². The average Bonchev–Trinajstić information content (AvgIpc) is 2.45. The maximum atomic E-state index is 12.5. The Hall–Kier alpha value is -2.14. The summed E-state index contributed by atoms with van der Waals surface area (Å²) in [6.07, 6.45) is 1.60. The number of carbonyl (C=O) groups excluding carboxylic acids is 1. The molecule has 1 atom stereocenters. The largest absolute Gasteiger partial charge is 0.481 e. The summed E-state index contributed by atoms with van der Waals surface area (Å²) < 4.78 is 0. The number of aliphatic carboxylic acids is 1. The molecule has 110 valence electrons. The number of fused-ring (bicyclic) bond motifs is 1. The molecule has 5 nitrogen and oxygen atoms in total. The standard InChI is InChI=1S/C15H15ClN2O3/c1-9(15(20)21)8-18(2)14(19)12-7-11(16)6-10-4-3-5-17-13(10)12/h3-7,9H,8H2,1-2H3,(H,20,21). The first kappa shape index (κ1) is 15.3. The molecule has 0 saturated heterocycles. The number of rotatable bonds is 4. The molecule has 0 radical (unpaired) electrons. The Bertz CT molecular complexity index is 702. The Labute approximate surface area is 127 Å². The van der Waals surface area contributed by atoms with E-state index < -0.39 is 11.9 Å². The van der Waals surface area contributed by atoms with Gasteiger partial charge in [-0.15, -0.1) is 0 Å². The number of carbonyl (C=O) groups is 2. The number of hydrogen-bond acceptors (Lipinski definition) is 3. The molecule has 2 rings (SSSR count). The molecule has 21 heavy (non-hydrogen) atoms. The minimum atomic E-state index is -0.941. The Balaban J connectivity index is 2.37. The maximum absolute atomic E-state index is 12.5. The summed E-state index contributed by atoms with van der Waals surface area (Å²) in [5, 5.41) is 10.1. The molecule has 6 heteroatoms. The lowest BCUT2D eigenvalue weighted by Crippen LogP contribution is -2.33. The van der Waals surface area contributed by atoms with Gasteiger partial charge in [0.2, 0.25) is 0 Å². The van der Waals surface area contributed by atoms with E-state index in [-0.39, 0.29) is 12.5 Å². The van der Waals surface area contributed by atoms with Crippen LogP contribution in [0.1, 0.15) is 17.3 Å². The highest BCUT2D eigenvalue weighted by molar-refractivity contribution is 6.32. The third-order valence-corrected chi connectivity index (χ3v) is 3.43. The minimum Gasteiger partial charge on any atom is -0.481 e. The zero-order valence-electron chi connectivity index (χ0n) is 11.7. The number of aromatic nitrogens is 1. The van der Waals surface area contributed by atoms with Gasteiger partial charge in [0.05, 0.1) is 17.0 Å². The van der Waals surface area contributed by atoms with Crippen LogP contribution < -0.4 is 0 Å². The minimum absolute atomic E-state index is 0.120. The molecule has 0 spiro atoms. The summed E-state index contributed by atoms with van der Waals surface area (Å²) in [5.41, 5.74) is 0.930. The molecular formula is C15H15ClN2O3. The first-order chi connectivity index (χ1) is 9.90. The van der Waals surface area contributed by atoms with E-state index in [4.69, 9.17) is 16.7 Å². The summed E-state index contributed by atoms with van der Waals surface area (Å²) in [6, 6.07) is 6.88. The van der Waals surface area contributed by atoms with Crippen molar-refractivity contribution in [2.24, 2.45) is 5.92 Å². The Morgan fingerprint density at radius 2 is 2.14 bits per heavy atom. The molecule has 0 aliphatic carbocycles. The van der Waals surface area contributed by atoms with Gasteiger partial charge >= 0.3 is 5.97 Å². The molecule has 1 aromatic carbocycles. The van der Waals surface area contributed by atoms with Crippen LogP contribution >= 0.6 is 11.6 Å². The van der Waals surface area contributed by atoms with E-state index in [1.807, 2.05) is 6.07 Å². The first-order valence-electron chi connectivity index (χ1n) is 6.42. The van der Waals surface area contributed by atoms with Crippen molar-refractivity contribution in [2.75, 3.05) is 13.6 Å². The number of pyridine rings is 1. The second kappa shape index (κ2) is 6.10. The van der Waals surface area contributed by atoms with Crippen molar-refractivity contribution in [3.05, 3.63) is 41.0 Å². The lowest BCUT2D eigenvalue weighted by Gasteiger charge is -2.20. The third kappa shape index (κ3) is 3.31. The molecule has 1 heterocycles. The molecular weight excluding hydrogens is 292 g/mol. The molecule has 1 amide bonds. The Morgan fingerprint density at radius 3 is 2.81 bits per heavy atom. The zero-order valence-corrected chi connectivity index (χ0v) is 12.5. The van der Waals surface area contributed by atoms with Crippen molar-refractivity contribution in [3.8, 4) is 0 Å². The van der Waals surface area contributed by atoms with Crippen LogP contribution in [0.15, 0.2) is 30.5 Å². The second-order valence-electron chi connectivity index (χ2n) is 4.95. The molecule has 0 aliphatic heterocycles. The van der Waals surface area contributed by atoms with Gasteiger partial charge in [0.15, 0.2) is 0 Å². The predicted molar refractivity (Wildman–Crippen MR) is 80.5 cm³/mol. The Morgan fingerprint density at radius 1 is 1.43 bits per heavy atom. The summed E-state index contributed by atoms with van der Waals surface area (Å²) in [6.45, 7) is 1.68. The summed E-state index contributed by atoms with van der Waals surface area (Å²) in [5.74, 6) is -1.88. The molecule has 0 fully saturated rings. The summed E-state index contributed by atoms with van der Waals surface area (Å²) >= 11 is 6.04. The van der Waals surface area contributed by atoms with Gasteiger partial charge in [0, 0.05) is 30.2 Å². The van der Waals surface area contributed by atoms with E-state index in [1.54, 1.807) is 38.4 Å². The van der Waals surface area contributed by atoms with Crippen molar-refractivity contribution in [2.45, 2.75) is 6.92 Å². The van der Waals surface area contributed by atoms with Crippen LogP contribution in [0.5, 0.6) is 0 Å². The highest BCUT2D eigenvalue weighted by Gasteiger charge is 2.21. The molecule has 0 saturated carbocycles. The molecule has 1 aromatic heterocycles. The van der Waals surface area contributed by atoms with Gasteiger partial charge in [-0.25, -0.2) is 0 Å². The van der Waals surface area contributed by atoms with Gasteiger partial charge in [-0.3, -0.25) is 14.6 Å². The van der Waals surface area contributed by atoms with E-state index in [0.29, 0.717) is 16.1 Å². The van der Waals surface area contributed by atoms with Gasteiger partial charge in [0.1, 0.15) is 0 Å². The molecule has 1 unspecified atom stereocenters. The van der Waals surface area contributed by atoms with Gasteiger partial charge in [-0.2, -0.15) is 0 Å². The monoisotopic (exact) mass is 306 g/mol. The molecule has 0 bridgehead atoms. The topological polar surface area (TPSA) is 70.5 Å².